The van der Waals surface area contributed by atoms with E-state index in [1.807, 2.05) is 12.1 Å². The molecule has 4 heteroatoms. The number of halogens is 2. The number of hydrogen-bond donors (Lipinski definition) is 0. The molecule has 0 saturated heterocycles. The predicted octanol–water partition coefficient (Wildman–Crippen LogP) is 2.03. The zero-order chi connectivity index (χ0) is 8.04. The standard InChI is InChI=1S/C6H6Cl2N2/c7-4-6(8,5-10)2-1-3-9/h1-2,4H2/t6-/m0/s1. The fourth-order valence-corrected chi connectivity index (χ4v) is 0.695. The van der Waals surface area contributed by atoms with Crippen molar-refractivity contribution >= 4 is 23.2 Å². The lowest BCUT2D eigenvalue weighted by atomic mass is 10.1. The maximum atomic E-state index is 8.44. The van der Waals surface area contributed by atoms with Crippen LogP contribution in [0, 0.1) is 22.7 Å². The van der Waals surface area contributed by atoms with Crippen LogP contribution in [0.25, 0.3) is 0 Å². The van der Waals surface area contributed by atoms with Crippen LogP contribution in [0.15, 0.2) is 0 Å². The Labute approximate surface area is 70.0 Å². The Balaban J connectivity index is 3.87. The molecule has 0 rings (SSSR count). The molecule has 0 aromatic rings. The van der Waals surface area contributed by atoms with Gasteiger partial charge in [-0.05, 0) is 6.42 Å². The molecular weight excluding hydrogens is 171 g/mol. The third kappa shape index (κ3) is 2.92. The number of nitriles is 2. The average Bonchev–Trinajstić information content (AvgIpc) is 2.00. The van der Waals surface area contributed by atoms with Crippen molar-refractivity contribution in [3.8, 4) is 12.1 Å². The van der Waals surface area contributed by atoms with Crippen molar-refractivity contribution in [2.75, 3.05) is 5.88 Å². The second-order valence-electron chi connectivity index (χ2n) is 1.87. The van der Waals surface area contributed by atoms with Gasteiger partial charge in [-0.25, -0.2) is 0 Å². The van der Waals surface area contributed by atoms with Crippen LogP contribution in [0.4, 0.5) is 0 Å². The lowest BCUT2D eigenvalue weighted by Gasteiger charge is -2.11. The van der Waals surface area contributed by atoms with Gasteiger partial charge in [-0.15, -0.1) is 23.2 Å². The lowest BCUT2D eigenvalue weighted by molar-refractivity contribution is 0.720. The zero-order valence-electron chi connectivity index (χ0n) is 5.27. The molecule has 0 aromatic heterocycles. The van der Waals surface area contributed by atoms with E-state index in [9.17, 15) is 0 Å². The molecule has 2 nitrogen and oxygen atoms in total. The third-order valence-corrected chi connectivity index (χ3v) is 2.05. The summed E-state index contributed by atoms with van der Waals surface area (Å²) < 4.78 is 0. The second kappa shape index (κ2) is 4.39. The van der Waals surface area contributed by atoms with Gasteiger partial charge in [0.1, 0.15) is 4.87 Å². The van der Waals surface area contributed by atoms with Gasteiger partial charge in [-0.2, -0.15) is 10.5 Å². The van der Waals surface area contributed by atoms with Crippen molar-refractivity contribution in [2.24, 2.45) is 0 Å². The smallest absolute Gasteiger partial charge is 0.145 e. The molecule has 0 saturated carbocycles. The summed E-state index contributed by atoms with van der Waals surface area (Å²) in [5.74, 6) is 0.0622. The summed E-state index contributed by atoms with van der Waals surface area (Å²) in [6.07, 6.45) is 0.592. The molecule has 0 aliphatic carbocycles. The van der Waals surface area contributed by atoms with Gasteiger partial charge in [0.25, 0.3) is 0 Å². The quantitative estimate of drug-likeness (QED) is 0.619. The summed E-state index contributed by atoms with van der Waals surface area (Å²) in [5.41, 5.74) is 0. The van der Waals surface area contributed by atoms with Crippen LogP contribution in [0.1, 0.15) is 12.8 Å². The summed E-state index contributed by atoms with van der Waals surface area (Å²) in [7, 11) is 0. The first-order valence-corrected chi connectivity index (χ1v) is 3.63. The Bertz CT molecular complexity index is 179. The summed E-state index contributed by atoms with van der Waals surface area (Å²) in [4.78, 5) is -1.04. The molecule has 0 unspecified atom stereocenters. The number of alkyl halides is 2. The summed E-state index contributed by atoms with van der Waals surface area (Å²) >= 11 is 11.0. The molecule has 0 aliphatic rings. The molecule has 0 radical (unpaired) electrons. The Morgan fingerprint density at radius 2 is 2.00 bits per heavy atom. The summed E-state index contributed by atoms with van der Waals surface area (Å²) in [6, 6.07) is 3.74. The van der Waals surface area contributed by atoms with Crippen LogP contribution >= 0.6 is 23.2 Å². The minimum Gasteiger partial charge on any atom is -0.198 e. The molecule has 0 heterocycles. The maximum absolute atomic E-state index is 8.44. The van der Waals surface area contributed by atoms with Crippen LogP contribution < -0.4 is 0 Å². The van der Waals surface area contributed by atoms with Crippen LogP contribution in [-0.4, -0.2) is 10.8 Å². The van der Waals surface area contributed by atoms with E-state index in [2.05, 4.69) is 0 Å². The van der Waals surface area contributed by atoms with Crippen LogP contribution in [0.2, 0.25) is 0 Å². The molecule has 1 atom stereocenters. The van der Waals surface area contributed by atoms with Crippen molar-refractivity contribution in [1.29, 1.82) is 10.5 Å². The van der Waals surface area contributed by atoms with Crippen molar-refractivity contribution in [3.05, 3.63) is 0 Å². The molecule has 0 N–H and O–H groups in total. The Morgan fingerprint density at radius 1 is 1.40 bits per heavy atom. The first-order valence-electron chi connectivity index (χ1n) is 2.71. The molecule has 54 valence electrons. The number of nitrogens with zero attached hydrogens (tertiary/aromatic N) is 2. The van der Waals surface area contributed by atoms with E-state index in [-0.39, 0.29) is 12.3 Å². The van der Waals surface area contributed by atoms with Gasteiger partial charge in [0.05, 0.1) is 18.0 Å². The second-order valence-corrected chi connectivity index (χ2v) is 2.86. The van der Waals surface area contributed by atoms with Gasteiger partial charge in [0, 0.05) is 6.42 Å². The molecular formula is C6H6Cl2N2. The van der Waals surface area contributed by atoms with E-state index in [4.69, 9.17) is 33.7 Å². The van der Waals surface area contributed by atoms with E-state index >= 15 is 0 Å². The molecule has 0 aromatic carbocycles. The first-order chi connectivity index (χ1) is 4.68. The molecule has 10 heavy (non-hydrogen) atoms. The van der Waals surface area contributed by atoms with Crippen molar-refractivity contribution < 1.29 is 0 Å². The van der Waals surface area contributed by atoms with E-state index in [1.54, 1.807) is 0 Å². The van der Waals surface area contributed by atoms with E-state index in [0.29, 0.717) is 6.42 Å². The van der Waals surface area contributed by atoms with Gasteiger partial charge in [0.15, 0.2) is 0 Å². The maximum Gasteiger partial charge on any atom is 0.145 e. The van der Waals surface area contributed by atoms with Crippen LogP contribution in [0.5, 0.6) is 0 Å². The fourth-order valence-electron chi connectivity index (χ4n) is 0.407. The molecule has 0 bridgehead atoms. The van der Waals surface area contributed by atoms with Crippen molar-refractivity contribution in [3.63, 3.8) is 0 Å². The summed E-state index contributed by atoms with van der Waals surface area (Å²) in [5, 5.41) is 16.6. The normalized spacial score (nSPS) is 14.8. The molecule has 0 fully saturated rings. The van der Waals surface area contributed by atoms with E-state index < -0.39 is 4.87 Å². The Kier molecular flexibility index (Phi) is 4.19. The lowest BCUT2D eigenvalue weighted by Crippen LogP contribution is -2.20. The van der Waals surface area contributed by atoms with Gasteiger partial charge in [0.2, 0.25) is 0 Å². The SMILES string of the molecule is N#CCC[C@@](Cl)(C#N)CCl. The van der Waals surface area contributed by atoms with Crippen molar-refractivity contribution in [2.45, 2.75) is 17.7 Å². The number of hydrogen-bond acceptors (Lipinski definition) is 2. The number of rotatable bonds is 3. The fraction of sp³-hybridized carbons (Fsp3) is 0.667. The third-order valence-electron chi connectivity index (χ3n) is 1.05. The van der Waals surface area contributed by atoms with E-state index in [1.165, 1.54) is 0 Å². The first kappa shape index (κ1) is 9.56. The zero-order valence-corrected chi connectivity index (χ0v) is 6.78. The minimum atomic E-state index is -1.04. The highest BCUT2D eigenvalue weighted by molar-refractivity contribution is 6.32. The van der Waals surface area contributed by atoms with Gasteiger partial charge in [-0.1, -0.05) is 0 Å². The predicted molar refractivity (Wildman–Crippen MR) is 39.8 cm³/mol. The average molecular weight is 177 g/mol. The summed E-state index contributed by atoms with van der Waals surface area (Å²) in [6.45, 7) is 0. The highest BCUT2D eigenvalue weighted by Crippen LogP contribution is 2.21. The molecule has 0 amide bonds. The highest BCUT2D eigenvalue weighted by Gasteiger charge is 2.24. The van der Waals surface area contributed by atoms with Gasteiger partial charge >= 0.3 is 0 Å². The highest BCUT2D eigenvalue weighted by atomic mass is 35.5. The molecule has 0 aliphatic heterocycles. The largest absolute Gasteiger partial charge is 0.198 e. The topological polar surface area (TPSA) is 47.6 Å². The van der Waals surface area contributed by atoms with Crippen LogP contribution in [-0.2, 0) is 0 Å². The monoisotopic (exact) mass is 176 g/mol. The van der Waals surface area contributed by atoms with Gasteiger partial charge < -0.3 is 0 Å². The van der Waals surface area contributed by atoms with E-state index in [0.717, 1.165) is 0 Å². The minimum absolute atomic E-state index is 0.0622. The Hall–Kier alpha value is -0.440. The van der Waals surface area contributed by atoms with Crippen LogP contribution in [0.3, 0.4) is 0 Å². The van der Waals surface area contributed by atoms with Crippen molar-refractivity contribution in [1.82, 2.24) is 0 Å². The Morgan fingerprint density at radius 3 is 2.30 bits per heavy atom. The molecule has 0 spiro atoms. The van der Waals surface area contributed by atoms with Gasteiger partial charge in [-0.3, -0.25) is 0 Å².